The van der Waals surface area contributed by atoms with Gasteiger partial charge in [-0.1, -0.05) is 28.1 Å². The van der Waals surface area contributed by atoms with Gasteiger partial charge in [0.05, 0.1) is 11.3 Å². The Balaban J connectivity index is 2.17. The zero-order valence-electron chi connectivity index (χ0n) is 12.9. The van der Waals surface area contributed by atoms with Gasteiger partial charge in [0.25, 0.3) is 5.91 Å². The van der Waals surface area contributed by atoms with Crippen molar-refractivity contribution < 1.29 is 26.4 Å². The Morgan fingerprint density at radius 2 is 1.72 bits per heavy atom. The molecule has 25 heavy (non-hydrogen) atoms. The molecule has 0 aliphatic heterocycles. The maximum absolute atomic E-state index is 12.9. The van der Waals surface area contributed by atoms with Crippen LogP contribution >= 0.6 is 15.9 Å². The highest BCUT2D eigenvalue weighted by Gasteiger charge is 2.33. The van der Waals surface area contributed by atoms with E-state index in [-0.39, 0.29) is 21.5 Å². The van der Waals surface area contributed by atoms with Crippen LogP contribution in [0, 0.1) is 0 Å². The lowest BCUT2D eigenvalue weighted by Gasteiger charge is -2.12. The Hall–Kier alpha value is -1.87. The van der Waals surface area contributed by atoms with E-state index in [1.807, 2.05) is 0 Å². The number of rotatable bonds is 4. The quantitative estimate of drug-likeness (QED) is 0.779. The smallest absolute Gasteiger partial charge is 0.322 e. The van der Waals surface area contributed by atoms with Gasteiger partial charge in [-0.15, -0.1) is 0 Å². The summed E-state index contributed by atoms with van der Waals surface area (Å²) in [7, 11) is -3.19. The molecule has 4 nitrogen and oxygen atoms in total. The van der Waals surface area contributed by atoms with Crippen LogP contribution in [0.15, 0.2) is 46.9 Å². The number of hydrogen-bond donors (Lipinski definition) is 1. The summed E-state index contributed by atoms with van der Waals surface area (Å²) in [5, 5.41) is 2.39. The molecular formula is C16H13BrF3NO3S. The number of amides is 1. The Morgan fingerprint density at radius 3 is 2.24 bits per heavy atom. The van der Waals surface area contributed by atoms with Crippen molar-refractivity contribution in [1.29, 1.82) is 0 Å². The molecule has 0 fully saturated rings. The van der Waals surface area contributed by atoms with Crippen LogP contribution in [0.1, 0.15) is 21.5 Å². The van der Waals surface area contributed by atoms with E-state index >= 15 is 0 Å². The Labute approximate surface area is 151 Å². The molecule has 0 unspecified atom stereocenters. The number of sulfone groups is 1. The summed E-state index contributed by atoms with van der Waals surface area (Å²) in [6.07, 6.45) is -3.45. The predicted molar refractivity (Wildman–Crippen MR) is 92.1 cm³/mol. The molecule has 0 aromatic heterocycles. The summed E-state index contributed by atoms with van der Waals surface area (Å²) in [4.78, 5) is 12.1. The second kappa shape index (κ2) is 7.17. The molecule has 1 amide bonds. The highest BCUT2D eigenvalue weighted by molar-refractivity contribution is 9.10. The average Bonchev–Trinajstić information content (AvgIpc) is 2.47. The largest absolute Gasteiger partial charge is 0.417 e. The molecular weight excluding hydrogens is 423 g/mol. The summed E-state index contributed by atoms with van der Waals surface area (Å²) in [6, 6.07) is 9.18. The Kier molecular flexibility index (Phi) is 5.58. The molecule has 0 aliphatic rings. The highest BCUT2D eigenvalue weighted by atomic mass is 79.9. The predicted octanol–water partition coefficient (Wildman–Crippen LogP) is 4.26. The third kappa shape index (κ3) is 5.57. The normalized spacial score (nSPS) is 12.0. The van der Waals surface area contributed by atoms with Gasteiger partial charge in [0.1, 0.15) is 0 Å². The molecule has 2 aromatic rings. The van der Waals surface area contributed by atoms with Gasteiger partial charge in [-0.05, 0) is 35.9 Å². The fourth-order valence-electron chi connectivity index (χ4n) is 2.08. The molecule has 2 rings (SSSR count). The van der Waals surface area contributed by atoms with E-state index in [0.717, 1.165) is 12.3 Å². The van der Waals surface area contributed by atoms with E-state index in [1.165, 1.54) is 36.4 Å². The molecule has 2 aromatic carbocycles. The maximum atomic E-state index is 12.9. The molecule has 0 aliphatic carbocycles. The molecule has 0 spiro atoms. The second-order valence-electron chi connectivity index (χ2n) is 5.41. The first-order chi connectivity index (χ1) is 11.5. The first kappa shape index (κ1) is 19.5. The van der Waals surface area contributed by atoms with Crippen molar-refractivity contribution in [2.75, 3.05) is 11.6 Å². The van der Waals surface area contributed by atoms with E-state index in [2.05, 4.69) is 21.2 Å². The lowest BCUT2D eigenvalue weighted by molar-refractivity contribution is -0.138. The number of anilines is 1. The number of halogens is 4. The number of carbonyl (C=O) groups is 1. The van der Waals surface area contributed by atoms with Gasteiger partial charge in [-0.25, -0.2) is 8.42 Å². The SMILES string of the molecule is CS(=O)(=O)Cc1ccc(C(=O)Nc2ccc(Br)c(C(F)(F)F)c2)cc1. The van der Waals surface area contributed by atoms with Crippen LogP contribution in [0.5, 0.6) is 0 Å². The lowest BCUT2D eigenvalue weighted by atomic mass is 10.1. The average molecular weight is 436 g/mol. The third-order valence-electron chi connectivity index (χ3n) is 3.17. The number of hydrogen-bond acceptors (Lipinski definition) is 3. The molecule has 0 radical (unpaired) electrons. The maximum Gasteiger partial charge on any atom is 0.417 e. The van der Waals surface area contributed by atoms with Crippen LogP contribution in [-0.2, 0) is 21.8 Å². The first-order valence-electron chi connectivity index (χ1n) is 6.90. The van der Waals surface area contributed by atoms with Crippen LogP contribution < -0.4 is 5.32 Å². The standard InChI is InChI=1S/C16H13BrF3NO3S/c1-25(23,24)9-10-2-4-11(5-3-10)15(22)21-12-6-7-14(17)13(8-12)16(18,19)20/h2-8H,9H2,1H3,(H,21,22). The first-order valence-corrected chi connectivity index (χ1v) is 9.76. The fourth-order valence-corrected chi connectivity index (χ4v) is 3.35. The molecule has 0 saturated heterocycles. The zero-order chi connectivity index (χ0) is 18.8. The number of alkyl halides is 3. The van der Waals surface area contributed by atoms with Gasteiger partial charge >= 0.3 is 6.18 Å². The summed E-state index contributed by atoms with van der Waals surface area (Å²) in [6.45, 7) is 0. The van der Waals surface area contributed by atoms with Crippen LogP contribution in [0.3, 0.4) is 0 Å². The van der Waals surface area contributed by atoms with Gasteiger partial charge in [-0.3, -0.25) is 4.79 Å². The summed E-state index contributed by atoms with van der Waals surface area (Å²) < 4.78 is 61.0. The van der Waals surface area contributed by atoms with Gasteiger partial charge in [0.15, 0.2) is 9.84 Å². The van der Waals surface area contributed by atoms with Crippen molar-refractivity contribution in [2.24, 2.45) is 0 Å². The van der Waals surface area contributed by atoms with Crippen molar-refractivity contribution in [1.82, 2.24) is 0 Å². The molecule has 0 bridgehead atoms. The molecule has 0 heterocycles. The van der Waals surface area contributed by atoms with Crippen LogP contribution in [0.4, 0.5) is 18.9 Å². The summed E-state index contributed by atoms with van der Waals surface area (Å²) >= 11 is 2.83. The minimum atomic E-state index is -4.55. The number of nitrogens with one attached hydrogen (secondary N) is 1. The summed E-state index contributed by atoms with van der Waals surface area (Å²) in [5.74, 6) is -0.752. The topological polar surface area (TPSA) is 63.2 Å². The Morgan fingerprint density at radius 1 is 1.12 bits per heavy atom. The van der Waals surface area contributed by atoms with Gasteiger partial charge in [0.2, 0.25) is 0 Å². The van der Waals surface area contributed by atoms with Crippen molar-refractivity contribution in [2.45, 2.75) is 11.9 Å². The van der Waals surface area contributed by atoms with E-state index < -0.39 is 27.5 Å². The van der Waals surface area contributed by atoms with Gasteiger partial charge < -0.3 is 5.32 Å². The summed E-state index contributed by atoms with van der Waals surface area (Å²) in [5.41, 5.74) is -0.176. The van der Waals surface area contributed by atoms with Crippen LogP contribution in [-0.4, -0.2) is 20.6 Å². The van der Waals surface area contributed by atoms with Crippen molar-refractivity contribution in [3.05, 3.63) is 63.6 Å². The van der Waals surface area contributed by atoms with Crippen molar-refractivity contribution in [3.8, 4) is 0 Å². The van der Waals surface area contributed by atoms with E-state index in [1.54, 1.807) is 0 Å². The van der Waals surface area contributed by atoms with Gasteiger partial charge in [0, 0.05) is 22.0 Å². The van der Waals surface area contributed by atoms with E-state index in [4.69, 9.17) is 0 Å². The lowest BCUT2D eigenvalue weighted by Crippen LogP contribution is -2.13. The van der Waals surface area contributed by atoms with E-state index in [9.17, 15) is 26.4 Å². The van der Waals surface area contributed by atoms with Crippen molar-refractivity contribution in [3.63, 3.8) is 0 Å². The third-order valence-corrected chi connectivity index (χ3v) is 4.72. The number of benzene rings is 2. The molecule has 9 heteroatoms. The highest BCUT2D eigenvalue weighted by Crippen LogP contribution is 2.36. The fraction of sp³-hybridized carbons (Fsp3) is 0.188. The van der Waals surface area contributed by atoms with Crippen LogP contribution in [0.25, 0.3) is 0 Å². The molecule has 0 atom stereocenters. The molecule has 134 valence electrons. The zero-order valence-corrected chi connectivity index (χ0v) is 15.3. The molecule has 1 N–H and O–H groups in total. The minimum absolute atomic E-state index is 0.000683. The van der Waals surface area contributed by atoms with Crippen LogP contribution in [0.2, 0.25) is 0 Å². The van der Waals surface area contributed by atoms with Gasteiger partial charge in [-0.2, -0.15) is 13.2 Å². The molecule has 0 saturated carbocycles. The van der Waals surface area contributed by atoms with E-state index in [0.29, 0.717) is 5.56 Å². The van der Waals surface area contributed by atoms with Crippen molar-refractivity contribution >= 4 is 37.4 Å². The number of carbonyl (C=O) groups excluding carboxylic acids is 1. The Bertz CT molecular complexity index is 894. The monoisotopic (exact) mass is 435 g/mol. The minimum Gasteiger partial charge on any atom is -0.322 e. The second-order valence-corrected chi connectivity index (χ2v) is 8.41.